The molecule has 1 amide bonds. The normalized spacial score (nSPS) is 12.0. The average molecular weight is 297 g/mol. The van der Waals surface area contributed by atoms with Gasteiger partial charge in [0.1, 0.15) is 5.75 Å². The second-order valence-electron chi connectivity index (χ2n) is 5.79. The minimum Gasteiger partial charge on any atom is -0.497 e. The Kier molecular flexibility index (Phi) is 5.59. The highest BCUT2D eigenvalue weighted by Crippen LogP contribution is 2.22. The van der Waals surface area contributed by atoms with E-state index in [-0.39, 0.29) is 11.9 Å². The lowest BCUT2D eigenvalue weighted by atomic mass is 9.96. The first-order valence-corrected chi connectivity index (χ1v) is 7.60. The molecule has 0 aliphatic rings. The van der Waals surface area contributed by atoms with Crippen LogP contribution in [0.15, 0.2) is 54.6 Å². The highest BCUT2D eigenvalue weighted by atomic mass is 16.5. The number of ether oxygens (including phenoxy) is 1. The Balaban J connectivity index is 2.13. The molecule has 0 spiro atoms. The molecule has 116 valence electrons. The van der Waals surface area contributed by atoms with Crippen LogP contribution < -0.4 is 10.1 Å². The molecule has 0 bridgehead atoms. The van der Waals surface area contributed by atoms with Gasteiger partial charge in [-0.15, -0.1) is 0 Å². The van der Waals surface area contributed by atoms with Gasteiger partial charge in [0.15, 0.2) is 0 Å². The van der Waals surface area contributed by atoms with Gasteiger partial charge in [-0.1, -0.05) is 44.2 Å². The molecule has 1 N–H and O–H groups in total. The summed E-state index contributed by atoms with van der Waals surface area (Å²) in [7, 11) is 1.61. The van der Waals surface area contributed by atoms with Crippen LogP contribution in [-0.2, 0) is 0 Å². The van der Waals surface area contributed by atoms with Crippen LogP contribution in [0.25, 0.3) is 0 Å². The van der Waals surface area contributed by atoms with E-state index in [1.807, 2.05) is 18.2 Å². The largest absolute Gasteiger partial charge is 0.497 e. The summed E-state index contributed by atoms with van der Waals surface area (Å²) in [6.45, 7) is 4.32. The molecule has 3 heteroatoms. The number of amides is 1. The van der Waals surface area contributed by atoms with Gasteiger partial charge >= 0.3 is 0 Å². The van der Waals surface area contributed by atoms with Crippen molar-refractivity contribution in [3.8, 4) is 5.75 Å². The topological polar surface area (TPSA) is 38.3 Å². The monoisotopic (exact) mass is 297 g/mol. The van der Waals surface area contributed by atoms with E-state index >= 15 is 0 Å². The molecule has 22 heavy (non-hydrogen) atoms. The summed E-state index contributed by atoms with van der Waals surface area (Å²) >= 11 is 0. The Morgan fingerprint density at radius 1 is 1.05 bits per heavy atom. The molecule has 2 aromatic carbocycles. The SMILES string of the molecule is COc1ccc(C(=O)N[C@@H](CC(C)C)c2ccccc2)cc1. The molecule has 0 aliphatic carbocycles. The van der Waals surface area contributed by atoms with Crippen molar-refractivity contribution in [2.24, 2.45) is 5.92 Å². The van der Waals surface area contributed by atoms with E-state index in [4.69, 9.17) is 4.74 Å². The first-order chi connectivity index (χ1) is 10.6. The molecule has 0 heterocycles. The minimum atomic E-state index is -0.0582. The van der Waals surface area contributed by atoms with E-state index in [1.54, 1.807) is 31.4 Å². The number of nitrogens with one attached hydrogen (secondary N) is 1. The number of hydrogen-bond donors (Lipinski definition) is 1. The molecule has 2 aromatic rings. The zero-order valence-electron chi connectivity index (χ0n) is 13.4. The first kappa shape index (κ1) is 16.1. The van der Waals surface area contributed by atoms with Crippen molar-refractivity contribution in [2.45, 2.75) is 26.3 Å². The van der Waals surface area contributed by atoms with E-state index in [2.05, 4.69) is 31.3 Å². The molecule has 0 aromatic heterocycles. The number of carbonyl (C=O) groups is 1. The van der Waals surface area contributed by atoms with Gasteiger partial charge in [-0.2, -0.15) is 0 Å². The Labute approximate surface area is 132 Å². The lowest BCUT2D eigenvalue weighted by Gasteiger charge is -2.21. The van der Waals surface area contributed by atoms with E-state index in [0.29, 0.717) is 11.5 Å². The number of hydrogen-bond acceptors (Lipinski definition) is 2. The van der Waals surface area contributed by atoms with Crippen LogP contribution in [0, 0.1) is 5.92 Å². The summed E-state index contributed by atoms with van der Waals surface area (Å²) < 4.78 is 5.12. The molecule has 0 saturated heterocycles. The third-order valence-electron chi connectivity index (χ3n) is 3.57. The molecule has 3 nitrogen and oxygen atoms in total. The summed E-state index contributed by atoms with van der Waals surface area (Å²) in [4.78, 5) is 12.5. The second-order valence-corrected chi connectivity index (χ2v) is 5.79. The first-order valence-electron chi connectivity index (χ1n) is 7.60. The number of methoxy groups -OCH3 is 1. The Bertz CT molecular complexity index is 591. The van der Waals surface area contributed by atoms with Gasteiger partial charge in [0, 0.05) is 5.56 Å². The molecule has 2 rings (SSSR count). The fourth-order valence-corrected chi connectivity index (χ4v) is 2.42. The maximum Gasteiger partial charge on any atom is 0.251 e. The lowest BCUT2D eigenvalue weighted by molar-refractivity contribution is 0.0932. The van der Waals surface area contributed by atoms with Gasteiger partial charge in [0.05, 0.1) is 13.2 Å². The van der Waals surface area contributed by atoms with Gasteiger partial charge in [-0.3, -0.25) is 4.79 Å². The molecule has 0 fully saturated rings. The molecular weight excluding hydrogens is 274 g/mol. The summed E-state index contributed by atoms with van der Waals surface area (Å²) in [5.74, 6) is 1.19. The zero-order chi connectivity index (χ0) is 15.9. The fourth-order valence-electron chi connectivity index (χ4n) is 2.42. The average Bonchev–Trinajstić information content (AvgIpc) is 2.54. The minimum absolute atomic E-state index is 0.0239. The standard InChI is InChI=1S/C19H23NO2/c1-14(2)13-18(15-7-5-4-6-8-15)20-19(21)16-9-11-17(22-3)12-10-16/h4-12,14,18H,13H2,1-3H3,(H,20,21)/t18-/m0/s1. The fraction of sp³-hybridized carbons (Fsp3) is 0.316. The Hall–Kier alpha value is -2.29. The highest BCUT2D eigenvalue weighted by Gasteiger charge is 2.17. The quantitative estimate of drug-likeness (QED) is 0.867. The van der Waals surface area contributed by atoms with E-state index in [9.17, 15) is 4.79 Å². The molecule has 0 aliphatic heterocycles. The van der Waals surface area contributed by atoms with Crippen molar-refractivity contribution in [3.05, 3.63) is 65.7 Å². The Morgan fingerprint density at radius 3 is 2.23 bits per heavy atom. The zero-order valence-corrected chi connectivity index (χ0v) is 13.4. The van der Waals surface area contributed by atoms with Crippen molar-refractivity contribution in [1.82, 2.24) is 5.32 Å². The van der Waals surface area contributed by atoms with Gasteiger partial charge in [-0.05, 0) is 42.2 Å². The van der Waals surface area contributed by atoms with E-state index < -0.39 is 0 Å². The second kappa shape index (κ2) is 7.64. The van der Waals surface area contributed by atoms with Crippen molar-refractivity contribution >= 4 is 5.91 Å². The summed E-state index contributed by atoms with van der Waals surface area (Å²) in [6, 6.07) is 17.3. The van der Waals surface area contributed by atoms with Crippen LogP contribution in [0.2, 0.25) is 0 Å². The van der Waals surface area contributed by atoms with Crippen LogP contribution >= 0.6 is 0 Å². The summed E-state index contributed by atoms with van der Waals surface area (Å²) in [5.41, 5.74) is 1.78. The predicted octanol–water partition coefficient (Wildman–Crippen LogP) is 4.21. The van der Waals surface area contributed by atoms with Crippen LogP contribution in [0.4, 0.5) is 0 Å². The van der Waals surface area contributed by atoms with Gasteiger partial charge < -0.3 is 10.1 Å². The molecule has 0 unspecified atom stereocenters. The van der Waals surface area contributed by atoms with Gasteiger partial charge in [0.2, 0.25) is 0 Å². The van der Waals surface area contributed by atoms with Gasteiger partial charge in [0.25, 0.3) is 5.91 Å². The number of carbonyl (C=O) groups excluding carboxylic acids is 1. The van der Waals surface area contributed by atoms with Crippen molar-refractivity contribution in [2.75, 3.05) is 7.11 Å². The van der Waals surface area contributed by atoms with Crippen molar-refractivity contribution in [1.29, 1.82) is 0 Å². The molecule has 1 atom stereocenters. The maximum atomic E-state index is 12.5. The van der Waals surface area contributed by atoms with Crippen LogP contribution in [0.5, 0.6) is 5.75 Å². The smallest absolute Gasteiger partial charge is 0.251 e. The van der Waals surface area contributed by atoms with Crippen LogP contribution in [0.3, 0.4) is 0 Å². The van der Waals surface area contributed by atoms with Crippen LogP contribution in [-0.4, -0.2) is 13.0 Å². The van der Waals surface area contributed by atoms with Crippen LogP contribution in [0.1, 0.15) is 42.2 Å². The third-order valence-corrected chi connectivity index (χ3v) is 3.57. The Morgan fingerprint density at radius 2 is 1.68 bits per heavy atom. The highest BCUT2D eigenvalue weighted by molar-refractivity contribution is 5.94. The van der Waals surface area contributed by atoms with E-state index in [0.717, 1.165) is 17.7 Å². The predicted molar refractivity (Wildman–Crippen MR) is 89.1 cm³/mol. The van der Waals surface area contributed by atoms with E-state index in [1.165, 1.54) is 0 Å². The molecule has 0 saturated carbocycles. The van der Waals surface area contributed by atoms with Crippen molar-refractivity contribution < 1.29 is 9.53 Å². The summed E-state index contributed by atoms with van der Waals surface area (Å²) in [6.07, 6.45) is 0.909. The number of rotatable bonds is 6. The molecular formula is C19H23NO2. The molecule has 0 radical (unpaired) electrons. The maximum absolute atomic E-state index is 12.5. The number of benzene rings is 2. The lowest BCUT2D eigenvalue weighted by Crippen LogP contribution is -2.29. The van der Waals surface area contributed by atoms with Gasteiger partial charge in [-0.25, -0.2) is 0 Å². The summed E-state index contributed by atoms with van der Waals surface area (Å²) in [5, 5.41) is 3.14. The third kappa shape index (κ3) is 4.35. The van der Waals surface area contributed by atoms with Crippen molar-refractivity contribution in [3.63, 3.8) is 0 Å².